The molecule has 0 bridgehead atoms. The molecule has 3 nitrogen and oxygen atoms in total. The normalized spacial score (nSPS) is 22.5. The van der Waals surface area contributed by atoms with E-state index in [1.807, 2.05) is 24.3 Å². The summed E-state index contributed by atoms with van der Waals surface area (Å²) >= 11 is 0. The van der Waals surface area contributed by atoms with Crippen molar-refractivity contribution in [1.82, 2.24) is 0 Å². The topological polar surface area (TPSA) is 35.5 Å². The molecule has 0 spiro atoms. The van der Waals surface area contributed by atoms with Crippen molar-refractivity contribution in [2.24, 2.45) is 5.92 Å². The predicted octanol–water partition coefficient (Wildman–Crippen LogP) is 3.50. The van der Waals surface area contributed by atoms with Crippen molar-refractivity contribution in [2.75, 3.05) is 7.11 Å². The molecule has 0 unspecified atom stereocenters. The number of hydrogen-bond donors (Lipinski definition) is 0. The van der Waals surface area contributed by atoms with Gasteiger partial charge in [0.25, 0.3) is 0 Å². The van der Waals surface area contributed by atoms with E-state index in [2.05, 4.69) is 6.92 Å². The van der Waals surface area contributed by atoms with Gasteiger partial charge in [0.1, 0.15) is 0 Å². The average molecular weight is 276 g/mol. The molecule has 2 rings (SSSR count). The lowest BCUT2D eigenvalue weighted by Gasteiger charge is -2.26. The van der Waals surface area contributed by atoms with Crippen molar-refractivity contribution in [3.8, 4) is 0 Å². The fraction of sp³-hybridized carbons (Fsp3) is 0.588. The van der Waals surface area contributed by atoms with Crippen LogP contribution in [0, 0.1) is 5.92 Å². The first-order valence-corrected chi connectivity index (χ1v) is 7.44. The second-order valence-corrected chi connectivity index (χ2v) is 5.71. The van der Waals surface area contributed by atoms with Gasteiger partial charge in [-0.15, -0.1) is 0 Å². The number of hydrogen-bond acceptors (Lipinski definition) is 3. The third-order valence-corrected chi connectivity index (χ3v) is 4.12. The maximum atomic E-state index is 11.4. The molecule has 1 aliphatic rings. The molecule has 0 atom stereocenters. The van der Waals surface area contributed by atoms with Gasteiger partial charge < -0.3 is 9.47 Å². The van der Waals surface area contributed by atoms with E-state index in [0.717, 1.165) is 29.9 Å². The maximum absolute atomic E-state index is 11.4. The van der Waals surface area contributed by atoms with Crippen LogP contribution < -0.4 is 0 Å². The SMILES string of the molecule is COC(=O)Cc1ccccc1COC1CCC(C)CC1. The molecule has 3 heteroatoms. The quantitative estimate of drug-likeness (QED) is 0.772. The lowest BCUT2D eigenvalue weighted by Crippen LogP contribution is -2.20. The van der Waals surface area contributed by atoms with E-state index >= 15 is 0 Å². The van der Waals surface area contributed by atoms with Gasteiger partial charge in [-0.05, 0) is 42.7 Å². The van der Waals surface area contributed by atoms with Crippen molar-refractivity contribution < 1.29 is 14.3 Å². The zero-order chi connectivity index (χ0) is 14.4. The van der Waals surface area contributed by atoms with E-state index in [-0.39, 0.29) is 5.97 Å². The molecule has 0 saturated heterocycles. The minimum Gasteiger partial charge on any atom is -0.469 e. The summed E-state index contributed by atoms with van der Waals surface area (Å²) in [6.07, 6.45) is 5.51. The largest absolute Gasteiger partial charge is 0.469 e. The van der Waals surface area contributed by atoms with E-state index in [4.69, 9.17) is 9.47 Å². The first-order chi connectivity index (χ1) is 9.69. The van der Waals surface area contributed by atoms with E-state index < -0.39 is 0 Å². The van der Waals surface area contributed by atoms with Crippen molar-refractivity contribution in [3.05, 3.63) is 35.4 Å². The number of methoxy groups -OCH3 is 1. The van der Waals surface area contributed by atoms with E-state index in [0.29, 0.717) is 19.1 Å². The number of benzene rings is 1. The van der Waals surface area contributed by atoms with Gasteiger partial charge in [-0.1, -0.05) is 31.2 Å². The van der Waals surface area contributed by atoms with Gasteiger partial charge >= 0.3 is 5.97 Å². The van der Waals surface area contributed by atoms with Crippen LogP contribution in [0.5, 0.6) is 0 Å². The molecular formula is C17H24O3. The number of ether oxygens (including phenoxy) is 2. The molecule has 110 valence electrons. The van der Waals surface area contributed by atoms with E-state index in [9.17, 15) is 4.79 Å². The van der Waals surface area contributed by atoms with Crippen molar-refractivity contribution in [2.45, 2.75) is 51.7 Å². The molecule has 0 amide bonds. The average Bonchev–Trinajstić information content (AvgIpc) is 2.48. The Morgan fingerprint density at radius 1 is 1.15 bits per heavy atom. The van der Waals surface area contributed by atoms with Crippen LogP contribution in [0.4, 0.5) is 0 Å². The maximum Gasteiger partial charge on any atom is 0.309 e. The van der Waals surface area contributed by atoms with Crippen LogP contribution in [0.15, 0.2) is 24.3 Å². The van der Waals surface area contributed by atoms with Crippen LogP contribution >= 0.6 is 0 Å². The van der Waals surface area contributed by atoms with Crippen LogP contribution in [0.25, 0.3) is 0 Å². The molecule has 1 saturated carbocycles. The summed E-state index contributed by atoms with van der Waals surface area (Å²) in [4.78, 5) is 11.4. The van der Waals surface area contributed by atoms with Crippen LogP contribution in [-0.4, -0.2) is 19.2 Å². The van der Waals surface area contributed by atoms with Crippen LogP contribution in [0.3, 0.4) is 0 Å². The number of carbonyl (C=O) groups is 1. The molecular weight excluding hydrogens is 252 g/mol. The minimum atomic E-state index is -0.205. The highest BCUT2D eigenvalue weighted by Crippen LogP contribution is 2.26. The summed E-state index contributed by atoms with van der Waals surface area (Å²) in [6.45, 7) is 2.90. The van der Waals surface area contributed by atoms with Crippen molar-refractivity contribution >= 4 is 5.97 Å². The Morgan fingerprint density at radius 2 is 1.80 bits per heavy atom. The molecule has 0 heterocycles. The Balaban J connectivity index is 1.90. The molecule has 1 fully saturated rings. The molecule has 0 N–H and O–H groups in total. The van der Waals surface area contributed by atoms with Gasteiger partial charge in [-0.25, -0.2) is 0 Å². The molecule has 20 heavy (non-hydrogen) atoms. The van der Waals surface area contributed by atoms with Gasteiger partial charge in [-0.2, -0.15) is 0 Å². The third kappa shape index (κ3) is 4.34. The fourth-order valence-electron chi connectivity index (χ4n) is 2.70. The van der Waals surface area contributed by atoms with Gasteiger partial charge in [0, 0.05) is 0 Å². The first kappa shape index (κ1) is 15.0. The van der Waals surface area contributed by atoms with Crippen molar-refractivity contribution in [3.63, 3.8) is 0 Å². The highest BCUT2D eigenvalue weighted by atomic mass is 16.5. The van der Waals surface area contributed by atoms with Crippen LogP contribution in [-0.2, 0) is 27.3 Å². The monoisotopic (exact) mass is 276 g/mol. The van der Waals surface area contributed by atoms with Gasteiger partial charge in [0.2, 0.25) is 0 Å². The van der Waals surface area contributed by atoms with E-state index in [1.165, 1.54) is 20.0 Å². The Bertz CT molecular complexity index is 434. The molecule has 0 aliphatic heterocycles. The standard InChI is InChI=1S/C17H24O3/c1-13-7-9-16(10-8-13)20-12-15-6-4-3-5-14(15)11-17(18)19-2/h3-6,13,16H,7-12H2,1-2H3. The fourth-order valence-corrected chi connectivity index (χ4v) is 2.70. The molecule has 1 aromatic carbocycles. The Labute approximate surface area is 121 Å². The minimum absolute atomic E-state index is 0.205. The summed E-state index contributed by atoms with van der Waals surface area (Å²) in [6, 6.07) is 7.94. The van der Waals surface area contributed by atoms with Gasteiger partial charge in [0.15, 0.2) is 0 Å². The summed E-state index contributed by atoms with van der Waals surface area (Å²) in [5.74, 6) is 0.630. The molecule has 1 aromatic rings. The summed E-state index contributed by atoms with van der Waals surface area (Å²) in [7, 11) is 1.42. The Morgan fingerprint density at radius 3 is 2.45 bits per heavy atom. The second kappa shape index (κ2) is 7.44. The summed E-state index contributed by atoms with van der Waals surface area (Å²) in [5, 5.41) is 0. The van der Waals surface area contributed by atoms with Crippen molar-refractivity contribution in [1.29, 1.82) is 0 Å². The molecule has 0 aromatic heterocycles. The Hall–Kier alpha value is -1.35. The smallest absolute Gasteiger partial charge is 0.309 e. The van der Waals surface area contributed by atoms with Crippen LogP contribution in [0.1, 0.15) is 43.7 Å². The summed E-state index contributed by atoms with van der Waals surface area (Å²) < 4.78 is 10.8. The highest BCUT2D eigenvalue weighted by Gasteiger charge is 2.19. The number of rotatable bonds is 5. The summed E-state index contributed by atoms with van der Waals surface area (Å²) in [5.41, 5.74) is 2.10. The lowest BCUT2D eigenvalue weighted by molar-refractivity contribution is -0.139. The zero-order valence-corrected chi connectivity index (χ0v) is 12.4. The van der Waals surface area contributed by atoms with Gasteiger partial charge in [0.05, 0.1) is 26.2 Å². The predicted molar refractivity (Wildman–Crippen MR) is 78.4 cm³/mol. The molecule has 1 aliphatic carbocycles. The number of carbonyl (C=O) groups excluding carboxylic acids is 1. The van der Waals surface area contributed by atoms with Crippen LogP contribution in [0.2, 0.25) is 0 Å². The molecule has 0 radical (unpaired) electrons. The second-order valence-electron chi connectivity index (χ2n) is 5.71. The first-order valence-electron chi connectivity index (χ1n) is 7.44. The third-order valence-electron chi connectivity index (χ3n) is 4.12. The van der Waals surface area contributed by atoms with E-state index in [1.54, 1.807) is 0 Å². The zero-order valence-electron chi connectivity index (χ0n) is 12.4. The number of esters is 1. The lowest BCUT2D eigenvalue weighted by atomic mass is 9.89. The van der Waals surface area contributed by atoms with Gasteiger partial charge in [-0.3, -0.25) is 4.79 Å². The Kier molecular flexibility index (Phi) is 5.60. The highest BCUT2D eigenvalue weighted by molar-refractivity contribution is 5.72.